The molecule has 152 valence electrons. The van der Waals surface area contributed by atoms with E-state index >= 15 is 0 Å². The van der Waals surface area contributed by atoms with Crippen LogP contribution in [0.15, 0.2) is 42.5 Å². The average Bonchev–Trinajstić information content (AvgIpc) is 3.09. The molecule has 0 saturated carbocycles. The van der Waals surface area contributed by atoms with E-state index < -0.39 is 5.97 Å². The minimum atomic E-state index is -1.22. The van der Waals surface area contributed by atoms with Crippen molar-refractivity contribution in [2.24, 2.45) is 0 Å². The highest BCUT2D eigenvalue weighted by atomic mass is 35.5. The molecule has 2 heterocycles. The summed E-state index contributed by atoms with van der Waals surface area (Å²) in [4.78, 5) is 24.8. The largest absolute Gasteiger partial charge is 0.476 e. The van der Waals surface area contributed by atoms with Crippen LogP contribution in [-0.4, -0.2) is 38.7 Å². The molecule has 0 radical (unpaired) electrons. The van der Waals surface area contributed by atoms with Gasteiger partial charge in [-0.3, -0.25) is 4.79 Å². The number of carbonyl (C=O) groups excluding carboxylic acids is 1. The van der Waals surface area contributed by atoms with Gasteiger partial charge in [-0.1, -0.05) is 35.3 Å². The number of carboxylic acid groups (broad SMARTS) is 1. The Kier molecular flexibility index (Phi) is 5.32. The molecule has 0 spiro atoms. The minimum Gasteiger partial charge on any atom is -0.476 e. The van der Waals surface area contributed by atoms with E-state index in [0.717, 1.165) is 0 Å². The van der Waals surface area contributed by atoms with Crippen LogP contribution in [0.5, 0.6) is 0 Å². The Bertz CT molecular complexity index is 1190. The molecule has 0 saturated heterocycles. The van der Waals surface area contributed by atoms with Gasteiger partial charge in [-0.2, -0.15) is 5.10 Å². The zero-order chi connectivity index (χ0) is 21.4. The number of halogens is 3. The number of aromatic carboxylic acids is 1. The number of benzene rings is 2. The summed E-state index contributed by atoms with van der Waals surface area (Å²) in [6, 6.07) is 10.6. The smallest absolute Gasteiger partial charge is 0.356 e. The van der Waals surface area contributed by atoms with Gasteiger partial charge in [0.1, 0.15) is 5.82 Å². The van der Waals surface area contributed by atoms with Crippen LogP contribution in [0.3, 0.4) is 0 Å². The van der Waals surface area contributed by atoms with Crippen molar-refractivity contribution in [1.29, 1.82) is 0 Å². The lowest BCUT2D eigenvalue weighted by atomic mass is 9.98. The molecule has 0 atom stereocenters. The lowest BCUT2D eigenvalue weighted by molar-refractivity contribution is -0.118. The normalized spacial score (nSPS) is 14.6. The quantitative estimate of drug-likeness (QED) is 0.598. The second kappa shape index (κ2) is 7.93. The van der Waals surface area contributed by atoms with E-state index in [1.165, 1.54) is 27.8 Å². The lowest BCUT2D eigenvalue weighted by Crippen LogP contribution is -2.29. The molecule has 4 rings (SSSR count). The van der Waals surface area contributed by atoms with Crippen LogP contribution in [-0.2, 0) is 11.3 Å². The summed E-state index contributed by atoms with van der Waals surface area (Å²) >= 11 is 12.4. The number of carboxylic acids is 1. The van der Waals surface area contributed by atoms with Crippen LogP contribution in [0.1, 0.15) is 27.3 Å². The molecular weight excluding hydrogens is 432 g/mol. The molecule has 6 nitrogen and oxygen atoms in total. The summed E-state index contributed by atoms with van der Waals surface area (Å²) in [5.41, 5.74) is 2.53. The van der Waals surface area contributed by atoms with Crippen LogP contribution < -0.4 is 0 Å². The van der Waals surface area contributed by atoms with E-state index in [0.29, 0.717) is 44.5 Å². The molecule has 30 heavy (non-hydrogen) atoms. The van der Waals surface area contributed by atoms with Crippen molar-refractivity contribution in [3.8, 4) is 5.69 Å². The molecule has 0 bridgehead atoms. The first-order valence-electron chi connectivity index (χ1n) is 8.84. The number of fused-ring (bicyclic) bond motifs is 1. The maximum atomic E-state index is 13.3. The van der Waals surface area contributed by atoms with Crippen molar-refractivity contribution in [2.45, 2.75) is 6.54 Å². The topological polar surface area (TPSA) is 75.4 Å². The van der Waals surface area contributed by atoms with Gasteiger partial charge in [0.2, 0.25) is 6.41 Å². The first kappa shape index (κ1) is 20.1. The Morgan fingerprint density at radius 3 is 2.50 bits per heavy atom. The fourth-order valence-electron chi connectivity index (χ4n) is 3.43. The third-order valence-electron chi connectivity index (χ3n) is 4.72. The third-order valence-corrected chi connectivity index (χ3v) is 5.26. The summed E-state index contributed by atoms with van der Waals surface area (Å²) < 4.78 is 14.7. The van der Waals surface area contributed by atoms with E-state index in [1.807, 2.05) is 0 Å². The molecule has 0 aliphatic carbocycles. The van der Waals surface area contributed by atoms with Crippen molar-refractivity contribution >= 4 is 47.2 Å². The van der Waals surface area contributed by atoms with Crippen LogP contribution in [0.4, 0.5) is 4.39 Å². The van der Waals surface area contributed by atoms with Crippen LogP contribution in [0.25, 0.3) is 17.3 Å². The lowest BCUT2D eigenvalue weighted by Gasteiger charge is -2.26. The predicted octanol–water partition coefficient (Wildman–Crippen LogP) is 4.53. The summed E-state index contributed by atoms with van der Waals surface area (Å²) in [5, 5.41) is 14.7. The minimum absolute atomic E-state index is 0.0897. The van der Waals surface area contributed by atoms with Gasteiger partial charge in [0.25, 0.3) is 0 Å². The summed E-state index contributed by atoms with van der Waals surface area (Å²) in [5.74, 6) is -1.59. The second-order valence-electron chi connectivity index (χ2n) is 6.72. The first-order valence-corrected chi connectivity index (χ1v) is 9.59. The SMILES string of the molecule is O=CN1CC(=Cc2ccc(F)cc2)c2c(c(C(=O)O)nn2-c2ccc(Cl)cc2Cl)C1. The average molecular weight is 446 g/mol. The Morgan fingerprint density at radius 1 is 1.13 bits per heavy atom. The van der Waals surface area contributed by atoms with Gasteiger partial charge in [-0.15, -0.1) is 0 Å². The molecule has 1 aliphatic rings. The summed E-state index contributed by atoms with van der Waals surface area (Å²) in [7, 11) is 0. The standard InChI is InChI=1S/C21H14Cl2FN3O3/c22-14-3-6-18(17(23)8-14)27-20-13(7-12-1-4-15(24)5-2-12)9-26(11-28)10-16(20)19(25-27)21(29)30/h1-8,11H,9-10H2,(H,29,30). The van der Waals surface area contributed by atoms with Crippen LogP contribution in [0.2, 0.25) is 10.0 Å². The van der Waals surface area contributed by atoms with E-state index in [2.05, 4.69) is 5.10 Å². The van der Waals surface area contributed by atoms with E-state index in [9.17, 15) is 19.1 Å². The molecule has 0 unspecified atom stereocenters. The van der Waals surface area contributed by atoms with E-state index in [4.69, 9.17) is 23.2 Å². The number of hydrogen-bond donors (Lipinski definition) is 1. The number of aromatic nitrogens is 2. The third kappa shape index (κ3) is 3.69. The van der Waals surface area contributed by atoms with Gasteiger partial charge in [0.15, 0.2) is 5.69 Å². The van der Waals surface area contributed by atoms with Crippen LogP contribution >= 0.6 is 23.2 Å². The van der Waals surface area contributed by atoms with Crippen LogP contribution in [0, 0.1) is 5.82 Å². The van der Waals surface area contributed by atoms with E-state index in [-0.39, 0.29) is 24.6 Å². The van der Waals surface area contributed by atoms with Crippen molar-refractivity contribution in [2.75, 3.05) is 6.54 Å². The second-order valence-corrected chi connectivity index (χ2v) is 7.56. The van der Waals surface area contributed by atoms with Gasteiger partial charge >= 0.3 is 5.97 Å². The van der Waals surface area contributed by atoms with Crippen molar-refractivity contribution in [1.82, 2.24) is 14.7 Å². The molecule has 1 aliphatic heterocycles. The van der Waals surface area contributed by atoms with Gasteiger partial charge in [-0.25, -0.2) is 13.9 Å². The fourth-order valence-corrected chi connectivity index (χ4v) is 3.92. The van der Waals surface area contributed by atoms with Gasteiger partial charge in [0, 0.05) is 17.1 Å². The zero-order valence-electron chi connectivity index (χ0n) is 15.3. The highest BCUT2D eigenvalue weighted by Crippen LogP contribution is 2.35. The number of nitrogens with zero attached hydrogens (tertiary/aromatic N) is 3. The van der Waals surface area contributed by atoms with Gasteiger partial charge in [0.05, 0.1) is 22.9 Å². The van der Waals surface area contributed by atoms with Crippen molar-refractivity contribution < 1.29 is 19.1 Å². The van der Waals surface area contributed by atoms with Crippen molar-refractivity contribution in [3.63, 3.8) is 0 Å². The molecule has 9 heteroatoms. The molecule has 1 N–H and O–H groups in total. The van der Waals surface area contributed by atoms with Gasteiger partial charge < -0.3 is 10.0 Å². The Morgan fingerprint density at radius 2 is 1.87 bits per heavy atom. The fraction of sp³-hybridized carbons (Fsp3) is 0.0952. The molecule has 1 aromatic heterocycles. The monoisotopic (exact) mass is 445 g/mol. The molecule has 0 fully saturated rings. The number of amides is 1. The number of hydrogen-bond acceptors (Lipinski definition) is 3. The molecule has 3 aromatic rings. The van der Waals surface area contributed by atoms with Crippen molar-refractivity contribution in [3.05, 3.63) is 80.8 Å². The molecule has 2 aromatic carbocycles. The van der Waals surface area contributed by atoms with Gasteiger partial charge in [-0.05, 0) is 47.5 Å². The van der Waals surface area contributed by atoms with E-state index in [1.54, 1.807) is 30.3 Å². The highest BCUT2D eigenvalue weighted by Gasteiger charge is 2.31. The zero-order valence-corrected chi connectivity index (χ0v) is 16.9. The number of carbonyl (C=O) groups is 2. The predicted molar refractivity (Wildman–Crippen MR) is 111 cm³/mol. The summed E-state index contributed by atoms with van der Waals surface area (Å²) in [6.45, 7) is 0.316. The first-order chi connectivity index (χ1) is 14.4. The number of rotatable bonds is 4. The highest BCUT2D eigenvalue weighted by molar-refractivity contribution is 6.35. The maximum Gasteiger partial charge on any atom is 0.356 e. The maximum absolute atomic E-state index is 13.3. The summed E-state index contributed by atoms with van der Waals surface area (Å²) in [6.07, 6.45) is 2.42. The Labute approximate surface area is 180 Å². The molecular formula is C21H14Cl2FN3O3. The Hall–Kier alpha value is -3.16. The Balaban J connectivity index is 1.97. The molecule has 1 amide bonds.